The molecular formula is C9H17N3O4. The van der Waals surface area contributed by atoms with Crippen molar-refractivity contribution in [3.63, 3.8) is 0 Å². The Balaban J connectivity index is 3.57. The number of carboxylic acid groups (broad SMARTS) is 1. The third-order valence-corrected chi connectivity index (χ3v) is 1.88. The lowest BCUT2D eigenvalue weighted by Crippen LogP contribution is -2.42. The number of carboxylic acids is 1. The minimum atomic E-state index is -1.11. The number of aliphatic carboxylic acids is 1. The molecule has 0 aliphatic carbocycles. The molecule has 0 bridgehead atoms. The van der Waals surface area contributed by atoms with Crippen LogP contribution in [-0.2, 0) is 14.4 Å². The summed E-state index contributed by atoms with van der Waals surface area (Å²) < 4.78 is 0. The molecule has 0 aromatic carbocycles. The number of nitrogens with one attached hydrogen (secondary N) is 1. The summed E-state index contributed by atoms with van der Waals surface area (Å²) in [6.45, 7) is 0.361. The molecule has 16 heavy (non-hydrogen) atoms. The molecule has 6 N–H and O–H groups in total. The summed E-state index contributed by atoms with van der Waals surface area (Å²) in [5.41, 5.74) is 10.2. The van der Waals surface area contributed by atoms with Gasteiger partial charge in [-0.15, -0.1) is 0 Å². The predicted molar refractivity (Wildman–Crippen MR) is 56.3 cm³/mol. The van der Waals surface area contributed by atoms with Gasteiger partial charge >= 0.3 is 5.97 Å². The number of hydrogen-bond acceptors (Lipinski definition) is 4. The number of carbonyl (C=O) groups excluding carboxylic acids is 2. The molecule has 7 heteroatoms. The molecular weight excluding hydrogens is 214 g/mol. The van der Waals surface area contributed by atoms with Gasteiger partial charge in [-0.2, -0.15) is 0 Å². The van der Waals surface area contributed by atoms with Crippen molar-refractivity contribution in [1.29, 1.82) is 0 Å². The second kappa shape index (κ2) is 7.63. The third kappa shape index (κ3) is 7.74. The molecule has 0 saturated carbocycles. The maximum Gasteiger partial charge on any atom is 0.305 e. The summed E-state index contributed by atoms with van der Waals surface area (Å²) in [5, 5.41) is 10.9. The van der Waals surface area contributed by atoms with Crippen molar-refractivity contribution in [3.8, 4) is 0 Å². The van der Waals surface area contributed by atoms with E-state index in [2.05, 4.69) is 5.32 Å². The molecule has 0 aromatic heterocycles. The highest BCUT2D eigenvalue weighted by atomic mass is 16.4. The van der Waals surface area contributed by atoms with Crippen LogP contribution in [0.4, 0.5) is 0 Å². The van der Waals surface area contributed by atoms with Gasteiger partial charge < -0.3 is 21.9 Å². The first kappa shape index (κ1) is 14.4. The van der Waals surface area contributed by atoms with Gasteiger partial charge in [-0.3, -0.25) is 14.4 Å². The maximum atomic E-state index is 11.2. The summed E-state index contributed by atoms with van der Waals surface area (Å²) in [6, 6.07) is -1.03. The standard InChI is InChI=1S/C9H17N3O4/c10-6(5-8(14)15)9(16)12-4-2-1-3-7(11)13/h6H,1-5,10H2,(H2,11,13)(H,12,16)(H,14,15). The highest BCUT2D eigenvalue weighted by Crippen LogP contribution is 1.93. The summed E-state index contributed by atoms with van der Waals surface area (Å²) in [7, 11) is 0. The van der Waals surface area contributed by atoms with Crippen LogP contribution in [0, 0.1) is 0 Å². The van der Waals surface area contributed by atoms with Crippen molar-refractivity contribution < 1.29 is 19.5 Å². The van der Waals surface area contributed by atoms with E-state index >= 15 is 0 Å². The number of rotatable bonds is 8. The van der Waals surface area contributed by atoms with Crippen LogP contribution >= 0.6 is 0 Å². The minimum Gasteiger partial charge on any atom is -0.481 e. The van der Waals surface area contributed by atoms with E-state index in [1.807, 2.05) is 0 Å². The summed E-state index contributed by atoms with van der Waals surface area (Å²) in [5.74, 6) is -1.99. The molecule has 0 aromatic rings. The van der Waals surface area contributed by atoms with Gasteiger partial charge in [0.15, 0.2) is 0 Å². The van der Waals surface area contributed by atoms with Crippen LogP contribution in [0.5, 0.6) is 0 Å². The van der Waals surface area contributed by atoms with Crippen molar-refractivity contribution in [3.05, 3.63) is 0 Å². The van der Waals surface area contributed by atoms with Gasteiger partial charge in [-0.25, -0.2) is 0 Å². The van der Waals surface area contributed by atoms with Gasteiger partial charge in [0.2, 0.25) is 11.8 Å². The Labute approximate surface area is 93.2 Å². The fourth-order valence-electron chi connectivity index (χ4n) is 1.05. The lowest BCUT2D eigenvalue weighted by atomic mass is 10.2. The van der Waals surface area contributed by atoms with Gasteiger partial charge in [0.1, 0.15) is 0 Å². The van der Waals surface area contributed by atoms with E-state index in [4.69, 9.17) is 16.6 Å². The first-order valence-electron chi connectivity index (χ1n) is 4.97. The molecule has 0 heterocycles. The van der Waals surface area contributed by atoms with E-state index in [0.29, 0.717) is 19.4 Å². The van der Waals surface area contributed by atoms with E-state index in [0.717, 1.165) is 0 Å². The maximum absolute atomic E-state index is 11.2. The van der Waals surface area contributed by atoms with Gasteiger partial charge in [0.25, 0.3) is 0 Å². The molecule has 7 nitrogen and oxygen atoms in total. The zero-order valence-electron chi connectivity index (χ0n) is 8.94. The monoisotopic (exact) mass is 231 g/mol. The Morgan fingerprint density at radius 1 is 1.25 bits per heavy atom. The molecule has 0 fully saturated rings. The van der Waals surface area contributed by atoms with Crippen LogP contribution in [0.2, 0.25) is 0 Å². The number of hydrogen-bond donors (Lipinski definition) is 4. The Morgan fingerprint density at radius 3 is 2.38 bits per heavy atom. The van der Waals surface area contributed by atoms with Crippen molar-refractivity contribution >= 4 is 17.8 Å². The first-order chi connectivity index (χ1) is 7.43. The molecule has 0 spiro atoms. The van der Waals surface area contributed by atoms with Crippen molar-refractivity contribution in [1.82, 2.24) is 5.32 Å². The summed E-state index contributed by atoms with van der Waals surface area (Å²) >= 11 is 0. The van der Waals surface area contributed by atoms with Crippen molar-refractivity contribution in [2.24, 2.45) is 11.5 Å². The topological polar surface area (TPSA) is 136 Å². The Bertz CT molecular complexity index is 267. The Morgan fingerprint density at radius 2 is 1.88 bits per heavy atom. The number of nitrogens with two attached hydrogens (primary N) is 2. The molecule has 1 atom stereocenters. The smallest absolute Gasteiger partial charge is 0.305 e. The SMILES string of the molecule is NC(=O)CCCCNC(=O)C(N)CC(=O)O. The van der Waals surface area contributed by atoms with E-state index in [1.165, 1.54) is 0 Å². The Hall–Kier alpha value is -1.63. The fraction of sp³-hybridized carbons (Fsp3) is 0.667. The van der Waals surface area contributed by atoms with Gasteiger partial charge in [-0.05, 0) is 12.8 Å². The highest BCUT2D eigenvalue weighted by molar-refractivity contribution is 5.85. The average molecular weight is 231 g/mol. The lowest BCUT2D eigenvalue weighted by Gasteiger charge is -2.09. The highest BCUT2D eigenvalue weighted by Gasteiger charge is 2.15. The number of carbonyl (C=O) groups is 3. The molecule has 0 aliphatic rings. The van der Waals surface area contributed by atoms with Gasteiger partial charge in [-0.1, -0.05) is 0 Å². The Kier molecular flexibility index (Phi) is 6.86. The number of primary amides is 1. The van der Waals surface area contributed by atoms with Crippen LogP contribution in [-0.4, -0.2) is 35.5 Å². The average Bonchev–Trinajstić information content (AvgIpc) is 2.15. The summed E-state index contributed by atoms with van der Waals surface area (Å²) in [4.78, 5) is 31.8. The third-order valence-electron chi connectivity index (χ3n) is 1.88. The van der Waals surface area contributed by atoms with Crippen LogP contribution in [0.3, 0.4) is 0 Å². The first-order valence-corrected chi connectivity index (χ1v) is 4.97. The van der Waals surface area contributed by atoms with Gasteiger partial charge in [0.05, 0.1) is 12.5 Å². The zero-order chi connectivity index (χ0) is 12.6. The van der Waals surface area contributed by atoms with Crippen LogP contribution in [0.15, 0.2) is 0 Å². The quantitative estimate of drug-likeness (QED) is 0.379. The molecule has 92 valence electrons. The second-order valence-electron chi connectivity index (χ2n) is 3.42. The fourth-order valence-corrected chi connectivity index (χ4v) is 1.05. The van der Waals surface area contributed by atoms with Crippen molar-refractivity contribution in [2.45, 2.75) is 31.7 Å². The van der Waals surface area contributed by atoms with Crippen molar-refractivity contribution in [2.75, 3.05) is 6.54 Å². The molecule has 2 amide bonds. The summed E-state index contributed by atoms with van der Waals surface area (Å²) in [6.07, 6.45) is 1.07. The zero-order valence-corrected chi connectivity index (χ0v) is 8.94. The largest absolute Gasteiger partial charge is 0.481 e. The minimum absolute atomic E-state index is 0.275. The van der Waals surface area contributed by atoms with E-state index in [-0.39, 0.29) is 12.3 Å². The number of unbranched alkanes of at least 4 members (excludes halogenated alkanes) is 1. The predicted octanol–water partition coefficient (Wildman–Crippen LogP) is -1.44. The lowest BCUT2D eigenvalue weighted by molar-refractivity contribution is -0.139. The van der Waals surface area contributed by atoms with E-state index < -0.39 is 24.3 Å². The molecule has 0 aliphatic heterocycles. The van der Waals surface area contributed by atoms with Crippen LogP contribution in [0.1, 0.15) is 25.7 Å². The van der Waals surface area contributed by atoms with E-state index in [9.17, 15) is 14.4 Å². The normalized spacial score (nSPS) is 11.8. The number of amides is 2. The molecule has 0 saturated heterocycles. The van der Waals surface area contributed by atoms with Gasteiger partial charge in [0, 0.05) is 13.0 Å². The van der Waals surface area contributed by atoms with Crippen LogP contribution < -0.4 is 16.8 Å². The molecule has 0 radical (unpaired) electrons. The van der Waals surface area contributed by atoms with Crippen LogP contribution in [0.25, 0.3) is 0 Å². The second-order valence-corrected chi connectivity index (χ2v) is 3.42. The molecule has 0 rings (SSSR count). The van der Waals surface area contributed by atoms with E-state index in [1.54, 1.807) is 0 Å². The molecule has 1 unspecified atom stereocenters.